The monoisotopic (exact) mass is 388 g/mol. The van der Waals surface area contributed by atoms with Crippen molar-refractivity contribution in [1.82, 2.24) is 0 Å². The number of carbonyl (C=O) groups excluding carboxylic acids is 1. The van der Waals surface area contributed by atoms with Gasteiger partial charge in [0.1, 0.15) is 0 Å². The summed E-state index contributed by atoms with van der Waals surface area (Å²) in [6, 6.07) is 0.583. The van der Waals surface area contributed by atoms with Crippen molar-refractivity contribution < 1.29 is 22.2 Å². The van der Waals surface area contributed by atoms with Crippen molar-refractivity contribution in [2.75, 3.05) is 13.2 Å². The molecule has 0 aromatic heterocycles. The molecule has 5 nitrogen and oxygen atoms in total. The molecule has 0 aliphatic heterocycles. The van der Waals surface area contributed by atoms with Gasteiger partial charge < -0.3 is 17.4 Å². The first-order chi connectivity index (χ1) is 11.1. The molecule has 0 N–H and O–H groups in total. The number of ether oxygens (including phenoxy) is 1. The maximum absolute atomic E-state index is 11.2. The quantitative estimate of drug-likeness (QED) is 0.207. The van der Waals surface area contributed by atoms with E-state index >= 15 is 0 Å². The van der Waals surface area contributed by atoms with Crippen molar-refractivity contribution in [3.8, 4) is 0 Å². The largest absolute Gasteiger partial charge is 0.480 e. The van der Waals surface area contributed by atoms with Gasteiger partial charge in [0, 0.05) is 18.7 Å². The summed E-state index contributed by atoms with van der Waals surface area (Å²) in [5.41, 5.74) is 3.74. The second kappa shape index (κ2) is 10.3. The third-order valence-electron chi connectivity index (χ3n) is 3.22. The highest BCUT2D eigenvalue weighted by Gasteiger charge is 2.48. The van der Waals surface area contributed by atoms with E-state index in [1.807, 2.05) is 18.3 Å². The first kappa shape index (κ1) is 23.2. The zero-order valence-electron chi connectivity index (χ0n) is 15.7. The minimum absolute atomic E-state index is 0.283. The van der Waals surface area contributed by atoms with Gasteiger partial charge in [-0.2, -0.15) is 0 Å². The highest BCUT2D eigenvalue weighted by atomic mass is 28.5. The maximum Gasteiger partial charge on any atom is 0.480 e. The normalized spacial score (nSPS) is 12.5. The third-order valence-corrected chi connectivity index (χ3v) is 13.6. The fourth-order valence-electron chi connectivity index (χ4n) is 1.88. The Kier molecular flexibility index (Phi) is 9.93. The summed E-state index contributed by atoms with van der Waals surface area (Å²) in [7, 11) is -7.15. The van der Waals surface area contributed by atoms with Gasteiger partial charge in [0.05, 0.1) is 6.61 Å². The van der Waals surface area contributed by atoms with Crippen LogP contribution in [0.15, 0.2) is 37.2 Å². The van der Waals surface area contributed by atoms with E-state index in [4.69, 9.17) is 17.4 Å². The van der Waals surface area contributed by atoms with Crippen LogP contribution in [-0.2, 0) is 22.2 Å². The van der Waals surface area contributed by atoms with Crippen LogP contribution >= 0.6 is 0 Å². The summed E-state index contributed by atoms with van der Waals surface area (Å²) in [6.07, 6.45) is 1.76. The fourth-order valence-corrected chi connectivity index (χ4v) is 11.9. The van der Waals surface area contributed by atoms with Crippen LogP contribution in [0.5, 0.6) is 0 Å². The van der Waals surface area contributed by atoms with Crippen LogP contribution in [0.4, 0.5) is 0 Å². The molecule has 0 spiro atoms. The minimum atomic E-state index is -2.93. The van der Waals surface area contributed by atoms with Gasteiger partial charge in [-0.15, -0.1) is 13.2 Å². The van der Waals surface area contributed by atoms with Gasteiger partial charge in [-0.1, -0.05) is 18.0 Å². The van der Waals surface area contributed by atoms with Crippen LogP contribution in [0.25, 0.3) is 0 Å². The Balaban J connectivity index is 5.25. The highest BCUT2D eigenvalue weighted by Crippen LogP contribution is 2.27. The molecule has 0 fully saturated rings. The van der Waals surface area contributed by atoms with Crippen molar-refractivity contribution in [3.63, 3.8) is 0 Å². The Bertz CT molecular complexity index is 427. The molecule has 0 bridgehead atoms. The maximum atomic E-state index is 11.2. The molecule has 138 valence electrons. The number of carbonyl (C=O) groups is 1. The molecule has 0 aliphatic rings. The number of esters is 1. The molecular weight excluding hydrogens is 356 g/mol. The molecular formula is C16H32O5Si3. The molecule has 0 heterocycles. The van der Waals surface area contributed by atoms with Gasteiger partial charge in [0.2, 0.25) is 16.6 Å². The number of hydrogen-bond donors (Lipinski definition) is 0. The molecule has 0 radical (unpaired) electrons. The van der Waals surface area contributed by atoms with E-state index in [1.165, 1.54) is 0 Å². The topological polar surface area (TPSA) is 54.0 Å². The predicted octanol–water partition coefficient (Wildman–Crippen LogP) is 3.97. The van der Waals surface area contributed by atoms with Gasteiger partial charge in [-0.3, -0.25) is 0 Å². The summed E-state index contributed by atoms with van der Waals surface area (Å²) >= 11 is 0. The summed E-state index contributed by atoms with van der Waals surface area (Å²) in [6.45, 7) is 22.1. The van der Waals surface area contributed by atoms with Crippen LogP contribution in [0.1, 0.15) is 13.3 Å². The summed E-state index contributed by atoms with van der Waals surface area (Å²) < 4.78 is 24.0. The molecule has 0 saturated heterocycles. The first-order valence-corrected chi connectivity index (χ1v) is 16.1. The molecule has 0 atom stereocenters. The smallest absolute Gasteiger partial charge is 0.463 e. The summed E-state index contributed by atoms with van der Waals surface area (Å²) in [5, 5.41) is 0. The Morgan fingerprint density at radius 1 is 1.00 bits per heavy atom. The van der Waals surface area contributed by atoms with E-state index in [0.29, 0.717) is 19.1 Å². The third kappa shape index (κ3) is 8.90. The van der Waals surface area contributed by atoms with Crippen LogP contribution in [-0.4, -0.2) is 44.6 Å². The molecule has 0 aromatic carbocycles. The fraction of sp³-hybridized carbons (Fsp3) is 0.562. The van der Waals surface area contributed by atoms with Crippen molar-refractivity contribution in [1.29, 1.82) is 0 Å². The molecule has 0 aliphatic carbocycles. The predicted molar refractivity (Wildman–Crippen MR) is 105 cm³/mol. The van der Waals surface area contributed by atoms with Crippen LogP contribution in [0.2, 0.25) is 32.2 Å². The molecule has 0 rings (SSSR count). The van der Waals surface area contributed by atoms with Gasteiger partial charge >= 0.3 is 14.8 Å². The van der Waals surface area contributed by atoms with Crippen molar-refractivity contribution in [2.24, 2.45) is 0 Å². The van der Waals surface area contributed by atoms with Gasteiger partial charge in [-0.05, 0) is 39.5 Å². The Labute approximate surface area is 150 Å². The summed E-state index contributed by atoms with van der Waals surface area (Å²) in [5.74, 6) is -0.429. The van der Waals surface area contributed by atoms with Gasteiger partial charge in [0.15, 0.2) is 0 Å². The van der Waals surface area contributed by atoms with Crippen LogP contribution < -0.4 is 0 Å². The SMILES string of the molecule is C=CC(=O)OCCC[Si](OCC)(O[Si](C)(C)C=C)O[Si](C)(C)C=C. The minimum Gasteiger partial charge on any atom is -0.463 e. The average Bonchev–Trinajstić information content (AvgIpc) is 2.50. The van der Waals surface area contributed by atoms with E-state index in [9.17, 15) is 4.79 Å². The molecule has 0 aromatic rings. The van der Waals surface area contributed by atoms with Gasteiger partial charge in [-0.25, -0.2) is 4.79 Å². The van der Waals surface area contributed by atoms with Crippen molar-refractivity contribution in [2.45, 2.75) is 45.6 Å². The van der Waals surface area contributed by atoms with E-state index in [0.717, 1.165) is 6.08 Å². The lowest BCUT2D eigenvalue weighted by atomic mass is 10.5. The Morgan fingerprint density at radius 3 is 1.88 bits per heavy atom. The Morgan fingerprint density at radius 2 is 1.50 bits per heavy atom. The number of hydrogen-bond acceptors (Lipinski definition) is 5. The standard InChI is InChI=1S/C16H32O5Si3/c1-9-16(17)18-14-13-15-24(19-10-2,20-22(5,6)11-3)21-23(7,8)12-4/h9,11-12H,1,3-4,10,13-15H2,2,5-8H3. The van der Waals surface area contributed by atoms with Crippen LogP contribution in [0.3, 0.4) is 0 Å². The lowest BCUT2D eigenvalue weighted by Crippen LogP contribution is -2.57. The zero-order valence-corrected chi connectivity index (χ0v) is 18.7. The van der Waals surface area contributed by atoms with Gasteiger partial charge in [0.25, 0.3) is 0 Å². The molecule has 24 heavy (non-hydrogen) atoms. The molecule has 8 heteroatoms. The summed E-state index contributed by atoms with van der Waals surface area (Å²) in [4.78, 5) is 11.2. The van der Waals surface area contributed by atoms with Crippen molar-refractivity contribution in [3.05, 3.63) is 37.2 Å². The van der Waals surface area contributed by atoms with E-state index < -0.39 is 31.4 Å². The molecule has 0 unspecified atom stereocenters. The van der Waals surface area contributed by atoms with E-state index in [1.54, 1.807) is 0 Å². The lowest BCUT2D eigenvalue weighted by molar-refractivity contribution is -0.137. The first-order valence-electron chi connectivity index (χ1n) is 8.16. The second-order valence-electron chi connectivity index (χ2n) is 6.41. The zero-order chi connectivity index (χ0) is 18.9. The average molecular weight is 389 g/mol. The molecule has 0 amide bonds. The van der Waals surface area contributed by atoms with Crippen LogP contribution in [0, 0.1) is 0 Å². The lowest BCUT2D eigenvalue weighted by Gasteiger charge is -2.39. The second-order valence-corrected chi connectivity index (χ2v) is 17.4. The highest BCUT2D eigenvalue weighted by molar-refractivity contribution is 6.89. The van der Waals surface area contributed by atoms with E-state index in [-0.39, 0.29) is 6.61 Å². The van der Waals surface area contributed by atoms with E-state index in [2.05, 4.69) is 45.9 Å². The molecule has 0 saturated carbocycles. The van der Waals surface area contributed by atoms with Crippen molar-refractivity contribution >= 4 is 31.4 Å². The number of rotatable bonds is 13. The Hall–Kier alpha value is -0.779.